The SMILES string of the molecule is C[C@@H]1CN(C(=O)OC(C)(C)C)C[C@H](C)N1.C[C@@H]1CN(C(=O)OC(C)(C)C)C[C@H](C)N1CCN1C(=O)c2ccccc2C1=O. The zero-order valence-corrected chi connectivity index (χ0v) is 27.6. The van der Waals surface area contributed by atoms with Gasteiger partial charge in [0, 0.05) is 63.4 Å². The normalized spacial score (nSPS) is 24.7. The van der Waals surface area contributed by atoms with Crippen molar-refractivity contribution in [3.8, 4) is 0 Å². The van der Waals surface area contributed by atoms with Gasteiger partial charge in [-0.2, -0.15) is 0 Å². The summed E-state index contributed by atoms with van der Waals surface area (Å²) in [6.45, 7) is 23.0. The van der Waals surface area contributed by atoms with Gasteiger partial charge in [-0.15, -0.1) is 0 Å². The minimum atomic E-state index is -0.522. The molecular formula is C32H51N5O6. The zero-order chi connectivity index (χ0) is 32.3. The van der Waals surface area contributed by atoms with E-state index in [0.717, 1.165) is 13.1 Å². The Hall–Kier alpha value is -3.18. The number of nitrogens with one attached hydrogen (secondary N) is 1. The van der Waals surface area contributed by atoms with E-state index in [4.69, 9.17) is 9.47 Å². The van der Waals surface area contributed by atoms with Crippen LogP contribution in [0, 0.1) is 0 Å². The first-order valence-corrected chi connectivity index (χ1v) is 15.3. The van der Waals surface area contributed by atoms with Crippen LogP contribution in [-0.4, -0.2) is 118 Å². The van der Waals surface area contributed by atoms with Crippen LogP contribution in [0.1, 0.15) is 90.0 Å². The van der Waals surface area contributed by atoms with Crippen LogP contribution in [-0.2, 0) is 9.47 Å². The zero-order valence-electron chi connectivity index (χ0n) is 27.6. The van der Waals surface area contributed by atoms with E-state index in [1.807, 2.05) is 41.5 Å². The lowest BCUT2D eigenvalue weighted by atomic mass is 10.1. The Balaban J connectivity index is 0.000000285. The number of rotatable bonds is 3. The molecule has 11 nitrogen and oxygen atoms in total. The van der Waals surface area contributed by atoms with Crippen molar-refractivity contribution in [2.24, 2.45) is 0 Å². The fourth-order valence-electron chi connectivity index (χ4n) is 5.73. The second kappa shape index (κ2) is 13.6. The van der Waals surface area contributed by atoms with Crippen molar-refractivity contribution in [2.45, 2.75) is 105 Å². The van der Waals surface area contributed by atoms with Crippen LogP contribution in [0.2, 0.25) is 0 Å². The summed E-state index contributed by atoms with van der Waals surface area (Å²) in [5.41, 5.74) is 0.0207. The topological polar surface area (TPSA) is 112 Å². The van der Waals surface area contributed by atoms with Gasteiger partial charge in [0.15, 0.2) is 0 Å². The number of carbonyl (C=O) groups excluding carboxylic acids is 4. The quantitative estimate of drug-likeness (QED) is 0.513. The first kappa shape index (κ1) is 34.3. The summed E-state index contributed by atoms with van der Waals surface area (Å²) in [4.78, 5) is 56.3. The molecule has 0 bridgehead atoms. The van der Waals surface area contributed by atoms with Crippen LogP contribution in [0.15, 0.2) is 24.3 Å². The number of imide groups is 1. The van der Waals surface area contributed by atoms with E-state index in [0.29, 0.717) is 49.4 Å². The molecule has 0 saturated carbocycles. The number of nitrogens with zero attached hydrogens (tertiary/aromatic N) is 4. The molecule has 0 unspecified atom stereocenters. The molecule has 4 rings (SSSR count). The summed E-state index contributed by atoms with van der Waals surface area (Å²) in [6.07, 6.45) is -0.506. The molecule has 240 valence electrons. The van der Waals surface area contributed by atoms with Crippen molar-refractivity contribution in [3.05, 3.63) is 35.4 Å². The molecule has 4 atom stereocenters. The van der Waals surface area contributed by atoms with Gasteiger partial charge in [-0.1, -0.05) is 12.1 Å². The Bertz CT molecular complexity index is 1120. The van der Waals surface area contributed by atoms with Crippen LogP contribution in [0.25, 0.3) is 0 Å². The van der Waals surface area contributed by atoms with Gasteiger partial charge < -0.3 is 24.6 Å². The van der Waals surface area contributed by atoms with E-state index in [-0.39, 0.29) is 36.1 Å². The Labute approximate surface area is 256 Å². The summed E-state index contributed by atoms with van der Waals surface area (Å²) in [6, 6.07) is 7.81. The van der Waals surface area contributed by atoms with Crippen molar-refractivity contribution in [2.75, 3.05) is 39.3 Å². The first-order chi connectivity index (χ1) is 19.9. The highest BCUT2D eigenvalue weighted by Crippen LogP contribution is 2.24. The van der Waals surface area contributed by atoms with Crippen LogP contribution >= 0.6 is 0 Å². The highest BCUT2D eigenvalue weighted by molar-refractivity contribution is 6.21. The van der Waals surface area contributed by atoms with Crippen molar-refractivity contribution in [1.29, 1.82) is 0 Å². The van der Waals surface area contributed by atoms with Crippen molar-refractivity contribution < 1.29 is 28.7 Å². The molecular weight excluding hydrogens is 550 g/mol. The van der Waals surface area contributed by atoms with Crippen LogP contribution in [0.4, 0.5) is 9.59 Å². The molecule has 11 heteroatoms. The highest BCUT2D eigenvalue weighted by Gasteiger charge is 2.38. The van der Waals surface area contributed by atoms with Gasteiger partial charge in [-0.05, 0) is 81.4 Å². The number of carbonyl (C=O) groups is 4. The standard InChI is InChI=1S/C21H29N3O4.C11H22N2O2/c1-14-12-22(20(27)28-21(3,4)5)13-15(2)23(14)10-11-24-18(25)16-8-6-7-9-17(16)19(24)26;1-8-6-13(7-9(2)12-8)10(14)15-11(3,4)5/h6-9,14-15H,10-13H2,1-5H3;8-9,12H,6-7H2,1-5H3/t14-,15+;8-,9+. The number of hydrogen-bond donors (Lipinski definition) is 1. The molecule has 0 aromatic heterocycles. The van der Waals surface area contributed by atoms with Gasteiger partial charge in [0.05, 0.1) is 11.1 Å². The molecule has 43 heavy (non-hydrogen) atoms. The average molecular weight is 602 g/mol. The summed E-state index contributed by atoms with van der Waals surface area (Å²) >= 11 is 0. The molecule has 1 aromatic carbocycles. The van der Waals surface area contributed by atoms with Gasteiger partial charge in [0.25, 0.3) is 11.8 Å². The van der Waals surface area contributed by atoms with Crippen LogP contribution in [0.5, 0.6) is 0 Å². The van der Waals surface area contributed by atoms with Crippen molar-refractivity contribution in [1.82, 2.24) is 24.9 Å². The molecule has 4 amide bonds. The van der Waals surface area contributed by atoms with Crippen molar-refractivity contribution >= 4 is 24.0 Å². The Morgan fingerprint density at radius 1 is 0.721 bits per heavy atom. The Morgan fingerprint density at radius 2 is 1.12 bits per heavy atom. The van der Waals surface area contributed by atoms with Gasteiger partial charge in [-0.25, -0.2) is 9.59 Å². The molecule has 2 fully saturated rings. The molecule has 0 aliphatic carbocycles. The summed E-state index contributed by atoms with van der Waals surface area (Å²) < 4.78 is 10.8. The number of hydrogen-bond acceptors (Lipinski definition) is 8. The van der Waals surface area contributed by atoms with E-state index in [2.05, 4.69) is 37.9 Å². The number of fused-ring (bicyclic) bond motifs is 1. The number of amides is 4. The van der Waals surface area contributed by atoms with E-state index in [9.17, 15) is 19.2 Å². The second-order valence-corrected chi connectivity index (χ2v) is 14.0. The van der Waals surface area contributed by atoms with Gasteiger partial charge in [0.1, 0.15) is 11.2 Å². The fraction of sp³-hybridized carbons (Fsp3) is 0.688. The third-order valence-electron chi connectivity index (χ3n) is 7.42. The summed E-state index contributed by atoms with van der Waals surface area (Å²) in [5, 5.41) is 3.38. The summed E-state index contributed by atoms with van der Waals surface area (Å²) in [7, 11) is 0. The molecule has 1 N–H and O–H groups in total. The molecule has 2 saturated heterocycles. The summed E-state index contributed by atoms with van der Waals surface area (Å²) in [5.74, 6) is -0.457. The molecule has 3 aliphatic rings. The lowest BCUT2D eigenvalue weighted by Crippen LogP contribution is -2.59. The van der Waals surface area contributed by atoms with Crippen LogP contribution in [0.3, 0.4) is 0 Å². The van der Waals surface area contributed by atoms with Gasteiger partial charge in [-0.3, -0.25) is 19.4 Å². The first-order valence-electron chi connectivity index (χ1n) is 15.3. The maximum absolute atomic E-state index is 12.5. The average Bonchev–Trinajstić information content (AvgIpc) is 3.11. The van der Waals surface area contributed by atoms with Gasteiger partial charge >= 0.3 is 12.2 Å². The molecule has 3 heterocycles. The fourth-order valence-corrected chi connectivity index (χ4v) is 5.73. The lowest BCUT2D eigenvalue weighted by molar-refractivity contribution is -0.00856. The van der Waals surface area contributed by atoms with Crippen molar-refractivity contribution in [3.63, 3.8) is 0 Å². The van der Waals surface area contributed by atoms with E-state index in [1.165, 1.54) is 4.90 Å². The molecule has 0 spiro atoms. The monoisotopic (exact) mass is 601 g/mol. The Kier molecular flexibility index (Phi) is 10.9. The molecule has 0 radical (unpaired) electrons. The molecule has 1 aromatic rings. The minimum Gasteiger partial charge on any atom is -0.444 e. The smallest absolute Gasteiger partial charge is 0.410 e. The predicted molar refractivity (Wildman–Crippen MR) is 165 cm³/mol. The number of piperazine rings is 2. The second-order valence-electron chi connectivity index (χ2n) is 14.0. The largest absolute Gasteiger partial charge is 0.444 e. The molecule has 3 aliphatic heterocycles. The predicted octanol–water partition coefficient (Wildman–Crippen LogP) is 4.22. The minimum absolute atomic E-state index is 0.103. The van der Waals surface area contributed by atoms with E-state index >= 15 is 0 Å². The van der Waals surface area contributed by atoms with E-state index < -0.39 is 11.2 Å². The Morgan fingerprint density at radius 3 is 1.51 bits per heavy atom. The van der Waals surface area contributed by atoms with Gasteiger partial charge in [0.2, 0.25) is 0 Å². The van der Waals surface area contributed by atoms with E-state index in [1.54, 1.807) is 34.1 Å². The van der Waals surface area contributed by atoms with Crippen LogP contribution < -0.4 is 5.32 Å². The third-order valence-corrected chi connectivity index (χ3v) is 7.42. The highest BCUT2D eigenvalue weighted by atomic mass is 16.6. The third kappa shape index (κ3) is 9.40. The lowest BCUT2D eigenvalue weighted by Gasteiger charge is -2.44. The maximum atomic E-state index is 12.5. The number of benzene rings is 1. The number of ether oxygens (including phenoxy) is 2. The maximum Gasteiger partial charge on any atom is 0.410 e.